The molecule has 144 valence electrons. The van der Waals surface area contributed by atoms with Gasteiger partial charge in [-0.15, -0.1) is 0 Å². The number of ether oxygens (including phenoxy) is 3. The van der Waals surface area contributed by atoms with Crippen LogP contribution in [0.5, 0.6) is 17.2 Å². The lowest BCUT2D eigenvalue weighted by Crippen LogP contribution is -2.08. The quantitative estimate of drug-likeness (QED) is 0.253. The van der Waals surface area contributed by atoms with Crippen LogP contribution in [-0.4, -0.2) is 18.5 Å². The van der Waals surface area contributed by atoms with Crippen molar-refractivity contribution in [2.45, 2.75) is 0 Å². The van der Waals surface area contributed by atoms with Gasteiger partial charge in [0.25, 0.3) is 0 Å². The first-order valence-electron chi connectivity index (χ1n) is 8.78. The van der Waals surface area contributed by atoms with E-state index in [0.29, 0.717) is 33.4 Å². The maximum absolute atomic E-state index is 12.3. The first-order valence-corrected chi connectivity index (χ1v) is 9.16. The second kappa shape index (κ2) is 8.20. The molecule has 0 fully saturated rings. The van der Waals surface area contributed by atoms with Crippen molar-refractivity contribution in [3.8, 4) is 17.2 Å². The molecule has 0 radical (unpaired) electrons. The molecule has 0 aromatic heterocycles. The van der Waals surface area contributed by atoms with Gasteiger partial charge in [-0.05, 0) is 66.2 Å². The third-order valence-electron chi connectivity index (χ3n) is 4.25. The van der Waals surface area contributed by atoms with Crippen LogP contribution in [0.2, 0.25) is 5.02 Å². The Morgan fingerprint density at radius 3 is 2.31 bits per heavy atom. The Bertz CT molecular complexity index is 1090. The molecule has 1 aliphatic rings. The Balaban J connectivity index is 1.39. The fourth-order valence-corrected chi connectivity index (χ4v) is 2.84. The Morgan fingerprint density at radius 1 is 0.862 bits per heavy atom. The highest BCUT2D eigenvalue weighted by Crippen LogP contribution is 2.32. The Morgan fingerprint density at radius 2 is 1.55 bits per heavy atom. The highest BCUT2D eigenvalue weighted by Gasteiger charge is 2.17. The minimum atomic E-state index is -0.496. The molecule has 1 heterocycles. The Kier molecular flexibility index (Phi) is 5.31. The standard InChI is InChI=1S/C23H15ClO5/c24-18-7-4-16(5-8-18)20(25)11-3-15-1-9-19(10-2-15)29-23(26)17-6-12-21-22(13-17)28-14-27-21/h1-13H,14H2. The molecule has 6 heteroatoms. The minimum absolute atomic E-state index is 0.125. The Hall–Kier alpha value is -3.57. The van der Waals surface area contributed by atoms with Crippen molar-refractivity contribution in [2.75, 3.05) is 6.79 Å². The second-order valence-corrected chi connectivity index (χ2v) is 6.67. The first kappa shape index (κ1) is 18.8. The smallest absolute Gasteiger partial charge is 0.343 e. The molecule has 3 aromatic rings. The fourth-order valence-electron chi connectivity index (χ4n) is 2.72. The summed E-state index contributed by atoms with van der Waals surface area (Å²) in [6.07, 6.45) is 3.18. The number of halogens is 1. The van der Waals surface area contributed by atoms with Gasteiger partial charge in [-0.1, -0.05) is 29.8 Å². The number of hydrogen-bond acceptors (Lipinski definition) is 5. The summed E-state index contributed by atoms with van der Waals surface area (Å²) in [5, 5.41) is 0.580. The molecule has 3 aromatic carbocycles. The van der Waals surface area contributed by atoms with Gasteiger partial charge in [0.1, 0.15) is 5.75 Å². The predicted octanol–water partition coefficient (Wildman–Crippen LogP) is 5.18. The van der Waals surface area contributed by atoms with E-state index in [1.807, 2.05) is 0 Å². The van der Waals surface area contributed by atoms with Crippen LogP contribution in [0.25, 0.3) is 6.08 Å². The van der Waals surface area contributed by atoms with Gasteiger partial charge >= 0.3 is 5.97 Å². The summed E-state index contributed by atoms with van der Waals surface area (Å²) < 4.78 is 15.9. The third kappa shape index (κ3) is 4.47. The number of fused-ring (bicyclic) bond motifs is 1. The monoisotopic (exact) mass is 406 g/mol. The van der Waals surface area contributed by atoms with Gasteiger partial charge in [0.2, 0.25) is 6.79 Å². The van der Waals surface area contributed by atoms with Gasteiger partial charge in [0.15, 0.2) is 17.3 Å². The van der Waals surface area contributed by atoms with E-state index in [4.69, 9.17) is 25.8 Å². The molecule has 0 amide bonds. The predicted molar refractivity (Wildman–Crippen MR) is 109 cm³/mol. The van der Waals surface area contributed by atoms with Crippen molar-refractivity contribution < 1.29 is 23.8 Å². The van der Waals surface area contributed by atoms with E-state index in [9.17, 15) is 9.59 Å². The molecule has 29 heavy (non-hydrogen) atoms. The zero-order chi connectivity index (χ0) is 20.2. The molecule has 0 unspecified atom stereocenters. The summed E-state index contributed by atoms with van der Waals surface area (Å²) >= 11 is 5.83. The average Bonchev–Trinajstić information content (AvgIpc) is 3.21. The van der Waals surface area contributed by atoms with E-state index < -0.39 is 5.97 Å². The van der Waals surface area contributed by atoms with Gasteiger partial charge in [0.05, 0.1) is 5.56 Å². The number of rotatable bonds is 5. The fraction of sp³-hybridized carbons (Fsp3) is 0.0435. The van der Waals surface area contributed by atoms with Crippen molar-refractivity contribution in [1.82, 2.24) is 0 Å². The summed E-state index contributed by atoms with van der Waals surface area (Å²) in [5.74, 6) is 0.898. The second-order valence-electron chi connectivity index (χ2n) is 6.23. The van der Waals surface area contributed by atoms with Gasteiger partial charge in [0, 0.05) is 10.6 Å². The number of carbonyl (C=O) groups is 2. The molecule has 5 nitrogen and oxygen atoms in total. The van der Waals surface area contributed by atoms with Crippen LogP contribution >= 0.6 is 11.6 Å². The summed E-state index contributed by atoms with van der Waals surface area (Å²) in [6.45, 7) is 0.142. The summed E-state index contributed by atoms with van der Waals surface area (Å²) in [6, 6.07) is 18.4. The minimum Gasteiger partial charge on any atom is -0.454 e. The van der Waals surface area contributed by atoms with E-state index in [1.54, 1.807) is 72.8 Å². The lowest BCUT2D eigenvalue weighted by Gasteiger charge is -2.05. The van der Waals surface area contributed by atoms with Crippen molar-refractivity contribution >= 4 is 29.4 Å². The lowest BCUT2D eigenvalue weighted by molar-refractivity contribution is 0.0734. The number of benzene rings is 3. The van der Waals surface area contributed by atoms with E-state index >= 15 is 0 Å². The van der Waals surface area contributed by atoms with Crippen LogP contribution in [0.15, 0.2) is 72.8 Å². The SMILES string of the molecule is O=C(C=Cc1ccc(OC(=O)c2ccc3c(c2)OCO3)cc1)c1ccc(Cl)cc1. The van der Waals surface area contributed by atoms with Gasteiger partial charge in [-0.3, -0.25) is 4.79 Å². The molecule has 0 saturated heterocycles. The highest BCUT2D eigenvalue weighted by molar-refractivity contribution is 6.30. The zero-order valence-corrected chi connectivity index (χ0v) is 15.9. The van der Waals surface area contributed by atoms with Gasteiger partial charge in [-0.25, -0.2) is 4.79 Å². The number of allylic oxidation sites excluding steroid dienone is 1. The summed E-state index contributed by atoms with van der Waals surface area (Å²) in [7, 11) is 0. The van der Waals surface area contributed by atoms with E-state index in [0.717, 1.165) is 5.56 Å². The molecular formula is C23H15ClO5. The molecule has 0 atom stereocenters. The van der Waals surface area contributed by atoms with Crippen molar-refractivity contribution in [1.29, 1.82) is 0 Å². The molecule has 4 rings (SSSR count). The molecule has 0 spiro atoms. The Labute approximate surface area is 172 Å². The van der Waals surface area contributed by atoms with Crippen LogP contribution in [-0.2, 0) is 0 Å². The van der Waals surface area contributed by atoms with Crippen LogP contribution in [0, 0.1) is 0 Å². The topological polar surface area (TPSA) is 61.8 Å². The number of hydrogen-bond donors (Lipinski definition) is 0. The molecule has 0 bridgehead atoms. The number of esters is 1. The highest BCUT2D eigenvalue weighted by atomic mass is 35.5. The average molecular weight is 407 g/mol. The van der Waals surface area contributed by atoms with Crippen molar-refractivity contribution in [3.05, 3.63) is 94.5 Å². The largest absolute Gasteiger partial charge is 0.454 e. The van der Waals surface area contributed by atoms with Crippen LogP contribution in [0.1, 0.15) is 26.3 Å². The van der Waals surface area contributed by atoms with E-state index in [2.05, 4.69) is 0 Å². The lowest BCUT2D eigenvalue weighted by atomic mass is 10.1. The maximum atomic E-state index is 12.3. The molecular weight excluding hydrogens is 392 g/mol. The number of carbonyl (C=O) groups excluding carboxylic acids is 2. The van der Waals surface area contributed by atoms with Crippen molar-refractivity contribution in [2.24, 2.45) is 0 Å². The number of ketones is 1. The van der Waals surface area contributed by atoms with E-state index in [1.165, 1.54) is 6.08 Å². The van der Waals surface area contributed by atoms with Gasteiger partial charge < -0.3 is 14.2 Å². The maximum Gasteiger partial charge on any atom is 0.343 e. The molecule has 1 aliphatic heterocycles. The normalized spacial score (nSPS) is 12.2. The molecule has 0 N–H and O–H groups in total. The molecule has 0 saturated carbocycles. The third-order valence-corrected chi connectivity index (χ3v) is 4.51. The summed E-state index contributed by atoms with van der Waals surface area (Å²) in [4.78, 5) is 24.5. The van der Waals surface area contributed by atoms with Crippen molar-refractivity contribution in [3.63, 3.8) is 0 Å². The van der Waals surface area contributed by atoms with Crippen LogP contribution < -0.4 is 14.2 Å². The molecule has 0 aliphatic carbocycles. The zero-order valence-electron chi connectivity index (χ0n) is 15.1. The summed E-state index contributed by atoms with van der Waals surface area (Å²) in [5.41, 5.74) is 1.72. The van der Waals surface area contributed by atoms with Crippen LogP contribution in [0.3, 0.4) is 0 Å². The van der Waals surface area contributed by atoms with Gasteiger partial charge in [-0.2, -0.15) is 0 Å². The first-order chi connectivity index (χ1) is 14.1. The van der Waals surface area contributed by atoms with Crippen LogP contribution in [0.4, 0.5) is 0 Å². The van der Waals surface area contributed by atoms with E-state index in [-0.39, 0.29) is 12.6 Å².